The summed E-state index contributed by atoms with van der Waals surface area (Å²) < 4.78 is 0. The van der Waals surface area contributed by atoms with Gasteiger partial charge in [-0.15, -0.1) is 0 Å². The molecule has 1 rings (SSSR count). The molecule has 0 amide bonds. The zero-order valence-corrected chi connectivity index (χ0v) is 6.79. The van der Waals surface area contributed by atoms with Gasteiger partial charge in [0.2, 0.25) is 0 Å². The lowest BCUT2D eigenvalue weighted by atomic mass is 10.1. The highest BCUT2D eigenvalue weighted by atomic mass is 16.3. The molecule has 1 radical (unpaired) electrons. The number of carbonyl (C=O) groups excluding carboxylic acids is 1. The van der Waals surface area contributed by atoms with Gasteiger partial charge < -0.3 is 5.11 Å². The summed E-state index contributed by atoms with van der Waals surface area (Å²) in [5, 5.41) is 9.06. The van der Waals surface area contributed by atoms with E-state index in [1.54, 1.807) is 18.2 Å². The maximum atomic E-state index is 11.2. The van der Waals surface area contributed by atoms with Crippen molar-refractivity contribution >= 4 is 5.78 Å². The van der Waals surface area contributed by atoms with Gasteiger partial charge in [0, 0.05) is 12.0 Å². The molecular weight excluding hydrogens is 152 g/mol. The van der Waals surface area contributed by atoms with Gasteiger partial charge >= 0.3 is 0 Å². The van der Waals surface area contributed by atoms with Crippen molar-refractivity contribution < 1.29 is 9.90 Å². The van der Waals surface area contributed by atoms with E-state index in [-0.39, 0.29) is 11.5 Å². The molecule has 0 saturated carbocycles. The fourth-order valence-electron chi connectivity index (χ4n) is 0.984. The molecule has 0 heterocycles. The monoisotopic (exact) mass is 163 g/mol. The summed E-state index contributed by atoms with van der Waals surface area (Å²) in [5.74, 6) is 0.158. The van der Waals surface area contributed by atoms with Crippen LogP contribution >= 0.6 is 0 Å². The minimum atomic E-state index is 0.0286. The maximum absolute atomic E-state index is 11.2. The van der Waals surface area contributed by atoms with Crippen molar-refractivity contribution in [2.75, 3.05) is 0 Å². The topological polar surface area (TPSA) is 37.3 Å². The zero-order valence-electron chi connectivity index (χ0n) is 6.79. The lowest BCUT2D eigenvalue weighted by Gasteiger charge is -1.98. The van der Waals surface area contributed by atoms with Crippen LogP contribution in [-0.2, 0) is 0 Å². The molecule has 12 heavy (non-hydrogen) atoms. The number of carbonyl (C=O) groups is 1. The third-order valence-electron chi connectivity index (χ3n) is 1.57. The molecule has 0 aliphatic heterocycles. The molecule has 2 heteroatoms. The van der Waals surface area contributed by atoms with E-state index in [1.165, 1.54) is 6.07 Å². The van der Waals surface area contributed by atoms with Crippen LogP contribution in [0.2, 0.25) is 0 Å². The van der Waals surface area contributed by atoms with Crippen molar-refractivity contribution in [2.45, 2.75) is 12.8 Å². The minimum absolute atomic E-state index is 0.0286. The van der Waals surface area contributed by atoms with Crippen LogP contribution in [0.25, 0.3) is 0 Å². The Morgan fingerprint density at radius 2 is 2.25 bits per heavy atom. The molecule has 1 aromatic carbocycles. The summed E-state index contributed by atoms with van der Waals surface area (Å²) in [7, 11) is 0. The van der Waals surface area contributed by atoms with Crippen molar-refractivity contribution in [3.8, 4) is 5.75 Å². The van der Waals surface area contributed by atoms with Crippen molar-refractivity contribution in [3.63, 3.8) is 0 Å². The number of aromatic hydroxyl groups is 1. The zero-order chi connectivity index (χ0) is 8.97. The number of ketones is 1. The van der Waals surface area contributed by atoms with E-state index in [9.17, 15) is 4.79 Å². The second kappa shape index (κ2) is 3.90. The highest BCUT2D eigenvalue weighted by Gasteiger charge is 2.03. The Morgan fingerprint density at radius 1 is 1.50 bits per heavy atom. The Labute approximate surface area is 71.8 Å². The number of hydrogen-bond acceptors (Lipinski definition) is 2. The Bertz CT molecular complexity index is 279. The van der Waals surface area contributed by atoms with E-state index >= 15 is 0 Å². The van der Waals surface area contributed by atoms with Crippen molar-refractivity contribution in [1.82, 2.24) is 0 Å². The largest absolute Gasteiger partial charge is 0.508 e. The maximum Gasteiger partial charge on any atom is 0.163 e. The molecule has 1 N–H and O–H groups in total. The van der Waals surface area contributed by atoms with Crippen LogP contribution in [-0.4, -0.2) is 10.9 Å². The van der Waals surface area contributed by atoms with E-state index in [0.29, 0.717) is 18.4 Å². The SMILES string of the molecule is [CH2]CCC(=O)c1cccc(O)c1. The number of hydrogen-bond donors (Lipinski definition) is 1. The predicted octanol–water partition coefficient (Wildman–Crippen LogP) is 2.19. The first-order valence-electron chi connectivity index (χ1n) is 3.85. The van der Waals surface area contributed by atoms with E-state index in [0.717, 1.165) is 0 Å². The van der Waals surface area contributed by atoms with Gasteiger partial charge in [-0.25, -0.2) is 0 Å². The van der Waals surface area contributed by atoms with Gasteiger partial charge in [0.15, 0.2) is 5.78 Å². The van der Waals surface area contributed by atoms with Crippen molar-refractivity contribution in [2.24, 2.45) is 0 Å². The standard InChI is InChI=1S/C10H11O2/c1-2-4-10(12)8-5-3-6-9(11)7-8/h3,5-7,11H,1-2,4H2. The number of Topliss-reactive ketones (excluding diaryl/α,β-unsaturated/α-hetero) is 1. The van der Waals surface area contributed by atoms with Gasteiger partial charge in [-0.1, -0.05) is 19.1 Å². The minimum Gasteiger partial charge on any atom is -0.508 e. The Morgan fingerprint density at radius 3 is 2.83 bits per heavy atom. The van der Waals surface area contributed by atoms with Crippen LogP contribution in [0.4, 0.5) is 0 Å². The molecule has 0 saturated heterocycles. The summed E-state index contributed by atoms with van der Waals surface area (Å²) in [6.07, 6.45) is 1.03. The molecule has 0 aliphatic rings. The third-order valence-corrected chi connectivity index (χ3v) is 1.57. The molecule has 0 spiro atoms. The predicted molar refractivity (Wildman–Crippen MR) is 47.0 cm³/mol. The van der Waals surface area contributed by atoms with Crippen LogP contribution in [0, 0.1) is 6.92 Å². The van der Waals surface area contributed by atoms with Gasteiger partial charge in [-0.2, -0.15) is 0 Å². The Kier molecular flexibility index (Phi) is 2.86. The number of phenols is 1. The molecule has 0 aliphatic carbocycles. The van der Waals surface area contributed by atoms with Crippen LogP contribution < -0.4 is 0 Å². The smallest absolute Gasteiger partial charge is 0.163 e. The van der Waals surface area contributed by atoms with Crippen molar-refractivity contribution in [1.29, 1.82) is 0 Å². The summed E-state index contributed by atoms with van der Waals surface area (Å²) >= 11 is 0. The van der Waals surface area contributed by atoms with E-state index in [4.69, 9.17) is 5.11 Å². The van der Waals surface area contributed by atoms with Crippen LogP contribution in [0.5, 0.6) is 5.75 Å². The summed E-state index contributed by atoms with van der Waals surface area (Å²) in [6, 6.07) is 6.36. The second-order valence-corrected chi connectivity index (χ2v) is 2.58. The van der Waals surface area contributed by atoms with Gasteiger partial charge in [-0.3, -0.25) is 4.79 Å². The summed E-state index contributed by atoms with van der Waals surface area (Å²) in [6.45, 7) is 3.59. The molecule has 0 fully saturated rings. The van der Waals surface area contributed by atoms with Gasteiger partial charge in [0.1, 0.15) is 5.75 Å². The lowest BCUT2D eigenvalue weighted by molar-refractivity contribution is 0.0983. The van der Waals surface area contributed by atoms with E-state index < -0.39 is 0 Å². The molecule has 1 aromatic rings. The average molecular weight is 163 g/mol. The van der Waals surface area contributed by atoms with Crippen LogP contribution in [0.1, 0.15) is 23.2 Å². The Balaban J connectivity index is 2.81. The molecule has 0 unspecified atom stereocenters. The van der Waals surface area contributed by atoms with Crippen molar-refractivity contribution in [3.05, 3.63) is 36.8 Å². The highest BCUT2D eigenvalue weighted by molar-refractivity contribution is 5.96. The fraction of sp³-hybridized carbons (Fsp3) is 0.200. The van der Waals surface area contributed by atoms with Gasteiger partial charge in [0.05, 0.1) is 0 Å². The first-order chi connectivity index (χ1) is 5.74. The van der Waals surface area contributed by atoms with Gasteiger partial charge in [-0.05, 0) is 18.6 Å². The first-order valence-corrected chi connectivity index (χ1v) is 3.85. The lowest BCUT2D eigenvalue weighted by Crippen LogP contribution is -1.96. The molecule has 0 atom stereocenters. The average Bonchev–Trinajstić information content (AvgIpc) is 2.05. The number of rotatable bonds is 3. The van der Waals surface area contributed by atoms with E-state index in [1.807, 2.05) is 0 Å². The molecular formula is C10H11O2. The first kappa shape index (κ1) is 8.78. The summed E-state index contributed by atoms with van der Waals surface area (Å²) in [5.41, 5.74) is 0.554. The number of phenolic OH excluding ortho intramolecular Hbond substituents is 1. The van der Waals surface area contributed by atoms with Gasteiger partial charge in [0.25, 0.3) is 0 Å². The normalized spacial score (nSPS) is 9.75. The van der Waals surface area contributed by atoms with Crippen LogP contribution in [0.3, 0.4) is 0 Å². The molecule has 63 valence electrons. The molecule has 2 nitrogen and oxygen atoms in total. The van der Waals surface area contributed by atoms with E-state index in [2.05, 4.69) is 6.92 Å². The Hall–Kier alpha value is -1.31. The third kappa shape index (κ3) is 2.09. The highest BCUT2D eigenvalue weighted by Crippen LogP contribution is 2.12. The quantitative estimate of drug-likeness (QED) is 0.693. The number of benzene rings is 1. The fourth-order valence-corrected chi connectivity index (χ4v) is 0.984. The second-order valence-electron chi connectivity index (χ2n) is 2.58. The van der Waals surface area contributed by atoms with Crippen LogP contribution in [0.15, 0.2) is 24.3 Å². The molecule has 0 bridgehead atoms. The molecule has 0 aromatic heterocycles. The summed E-state index contributed by atoms with van der Waals surface area (Å²) in [4.78, 5) is 11.2.